The summed E-state index contributed by atoms with van der Waals surface area (Å²) in [5.74, 6) is -1.95. The normalized spacial score (nSPS) is 17.4. The van der Waals surface area contributed by atoms with Crippen molar-refractivity contribution in [1.82, 2.24) is 4.90 Å². The highest BCUT2D eigenvalue weighted by molar-refractivity contribution is 6.21. The van der Waals surface area contributed by atoms with Crippen molar-refractivity contribution in [1.29, 1.82) is 0 Å². The Bertz CT molecular complexity index is 514. The van der Waals surface area contributed by atoms with Gasteiger partial charge in [-0.05, 0) is 12.8 Å². The van der Waals surface area contributed by atoms with Crippen LogP contribution in [0.25, 0.3) is 0 Å². The smallest absolute Gasteiger partial charge is 0.303 e. The van der Waals surface area contributed by atoms with Crippen LogP contribution in [0.5, 0.6) is 0 Å². The number of carbonyl (C=O) groups is 3. The van der Waals surface area contributed by atoms with Gasteiger partial charge in [0.05, 0.1) is 6.61 Å². The molecule has 1 rings (SSSR count). The largest absolute Gasteiger partial charge is 0.509 e. The number of unbranched alkanes of at least 4 members (excludes halogenated alkanes) is 7. The summed E-state index contributed by atoms with van der Waals surface area (Å²) >= 11 is 0. The van der Waals surface area contributed by atoms with E-state index in [2.05, 4.69) is 0 Å². The minimum absolute atomic E-state index is 0.181. The summed E-state index contributed by atoms with van der Waals surface area (Å²) in [6.45, 7) is -0.405. The second-order valence-corrected chi connectivity index (χ2v) is 6.52. The topological polar surface area (TPSA) is 115 Å². The molecule has 1 amide bonds. The van der Waals surface area contributed by atoms with Gasteiger partial charge in [-0.25, -0.2) is 0 Å². The number of carbonyl (C=O) groups excluding carboxylic acids is 2. The minimum atomic E-state index is -0.812. The van der Waals surface area contributed by atoms with Gasteiger partial charge in [0.25, 0.3) is 5.91 Å². The molecule has 0 aromatic heterocycles. The predicted molar refractivity (Wildman–Crippen MR) is 92.1 cm³/mol. The molecule has 1 aliphatic heterocycles. The van der Waals surface area contributed by atoms with Crippen molar-refractivity contribution >= 4 is 17.7 Å². The summed E-state index contributed by atoms with van der Waals surface area (Å²) in [7, 11) is 1.45. The molecule has 142 valence electrons. The first-order valence-corrected chi connectivity index (χ1v) is 8.96. The lowest BCUT2D eigenvalue weighted by Crippen LogP contribution is -2.34. The number of nitrogens with zero attached hydrogens (tertiary/aromatic N) is 1. The summed E-state index contributed by atoms with van der Waals surface area (Å²) in [6.07, 6.45) is 7.76. The molecule has 0 unspecified atom stereocenters. The Kier molecular flexibility index (Phi) is 9.20. The van der Waals surface area contributed by atoms with Gasteiger partial charge in [0, 0.05) is 19.9 Å². The van der Waals surface area contributed by atoms with Gasteiger partial charge < -0.3 is 20.2 Å². The van der Waals surface area contributed by atoms with Crippen molar-refractivity contribution < 1.29 is 29.7 Å². The molecule has 0 saturated heterocycles. The summed E-state index contributed by atoms with van der Waals surface area (Å²) < 4.78 is 0. The predicted octanol–water partition coefficient (Wildman–Crippen LogP) is 2.19. The average Bonchev–Trinajstić information content (AvgIpc) is 2.78. The Labute approximate surface area is 148 Å². The number of amides is 1. The van der Waals surface area contributed by atoms with Crippen molar-refractivity contribution in [2.75, 3.05) is 13.7 Å². The van der Waals surface area contributed by atoms with E-state index in [1.165, 1.54) is 11.9 Å². The van der Waals surface area contributed by atoms with Crippen molar-refractivity contribution in [3.05, 3.63) is 11.3 Å². The van der Waals surface area contributed by atoms with Crippen LogP contribution >= 0.6 is 0 Å². The van der Waals surface area contributed by atoms with E-state index in [9.17, 15) is 24.6 Å². The van der Waals surface area contributed by atoms with Crippen LogP contribution in [0.4, 0.5) is 0 Å². The van der Waals surface area contributed by atoms with Gasteiger partial charge in [-0.1, -0.05) is 38.5 Å². The molecule has 0 aromatic carbocycles. The van der Waals surface area contributed by atoms with Crippen LogP contribution in [-0.2, 0) is 14.4 Å². The molecular formula is C18H29NO6. The van der Waals surface area contributed by atoms with Gasteiger partial charge in [0.15, 0.2) is 5.78 Å². The number of aliphatic carboxylic acids is 1. The molecule has 0 spiro atoms. The zero-order valence-electron chi connectivity index (χ0n) is 14.9. The van der Waals surface area contributed by atoms with Gasteiger partial charge >= 0.3 is 5.97 Å². The zero-order valence-corrected chi connectivity index (χ0v) is 14.9. The van der Waals surface area contributed by atoms with Crippen LogP contribution < -0.4 is 0 Å². The van der Waals surface area contributed by atoms with E-state index in [0.717, 1.165) is 44.9 Å². The molecule has 1 atom stereocenters. The van der Waals surface area contributed by atoms with E-state index in [-0.39, 0.29) is 30.0 Å². The first kappa shape index (κ1) is 21.2. The second kappa shape index (κ2) is 10.9. The highest BCUT2D eigenvalue weighted by Crippen LogP contribution is 2.24. The number of hydrogen-bond donors (Lipinski definition) is 3. The number of aliphatic hydroxyl groups excluding tert-OH is 2. The summed E-state index contributed by atoms with van der Waals surface area (Å²) in [4.78, 5) is 35.7. The summed E-state index contributed by atoms with van der Waals surface area (Å²) in [5, 5.41) is 27.6. The number of likely N-dealkylation sites (N-methyl/N-ethyl adjacent to an activating group) is 1. The van der Waals surface area contributed by atoms with Gasteiger partial charge in [-0.3, -0.25) is 14.4 Å². The lowest BCUT2D eigenvalue weighted by Gasteiger charge is -2.17. The maximum atomic E-state index is 12.1. The summed E-state index contributed by atoms with van der Waals surface area (Å²) in [6, 6.07) is -0.812. The highest BCUT2D eigenvalue weighted by atomic mass is 16.4. The van der Waals surface area contributed by atoms with Crippen molar-refractivity contribution in [3.8, 4) is 0 Å². The second-order valence-electron chi connectivity index (χ2n) is 6.52. The first-order valence-electron chi connectivity index (χ1n) is 8.96. The van der Waals surface area contributed by atoms with E-state index in [1.54, 1.807) is 0 Å². The van der Waals surface area contributed by atoms with Crippen molar-refractivity contribution in [2.45, 2.75) is 70.3 Å². The van der Waals surface area contributed by atoms with Crippen LogP contribution in [0.3, 0.4) is 0 Å². The Balaban J connectivity index is 2.16. The van der Waals surface area contributed by atoms with Gasteiger partial charge in [0.1, 0.15) is 17.4 Å². The lowest BCUT2D eigenvalue weighted by atomic mass is 10.0. The Morgan fingerprint density at radius 1 is 0.960 bits per heavy atom. The molecule has 0 aromatic rings. The molecule has 7 nitrogen and oxygen atoms in total. The number of aliphatic hydroxyl groups is 2. The number of hydrogen-bond acceptors (Lipinski definition) is 5. The minimum Gasteiger partial charge on any atom is -0.509 e. The number of Topliss-reactive ketones (excluding diaryl/α,β-unsaturated/α-hetero) is 1. The molecule has 0 radical (unpaired) electrons. The van der Waals surface area contributed by atoms with E-state index >= 15 is 0 Å². The molecule has 0 saturated carbocycles. The molecule has 3 N–H and O–H groups in total. The number of ketones is 1. The monoisotopic (exact) mass is 355 g/mol. The number of carboxylic acid groups (broad SMARTS) is 1. The third-order valence-electron chi connectivity index (χ3n) is 4.57. The van der Waals surface area contributed by atoms with Crippen LogP contribution in [0.1, 0.15) is 64.2 Å². The van der Waals surface area contributed by atoms with Crippen LogP contribution in [0.15, 0.2) is 11.3 Å². The van der Waals surface area contributed by atoms with E-state index in [1.807, 2.05) is 0 Å². The van der Waals surface area contributed by atoms with E-state index in [4.69, 9.17) is 5.11 Å². The SMILES string of the molecule is CN1C(=O)C(C(=O)CCCCCCCCCCC(=O)O)=C(O)[C@@H]1CO. The molecule has 0 fully saturated rings. The van der Waals surface area contributed by atoms with Gasteiger partial charge in [0.2, 0.25) is 0 Å². The fraction of sp³-hybridized carbons (Fsp3) is 0.722. The third kappa shape index (κ3) is 6.49. The van der Waals surface area contributed by atoms with Crippen molar-refractivity contribution in [2.24, 2.45) is 0 Å². The quantitative estimate of drug-likeness (QED) is 0.344. The molecular weight excluding hydrogens is 326 g/mol. The lowest BCUT2D eigenvalue weighted by molar-refractivity contribution is -0.137. The molecule has 7 heteroatoms. The average molecular weight is 355 g/mol. The maximum absolute atomic E-state index is 12.1. The standard InChI is InChI=1S/C18H29NO6/c1-19-13(12-20)17(24)16(18(19)25)14(21)10-8-6-4-2-3-5-7-9-11-15(22)23/h13,20,24H,2-12H2,1H3,(H,22,23)/t13-/m0/s1. The molecule has 1 aliphatic rings. The van der Waals surface area contributed by atoms with E-state index in [0.29, 0.717) is 6.42 Å². The fourth-order valence-electron chi connectivity index (χ4n) is 3.00. The Morgan fingerprint density at radius 2 is 1.44 bits per heavy atom. The van der Waals surface area contributed by atoms with Crippen LogP contribution in [-0.4, -0.2) is 57.6 Å². The summed E-state index contributed by atoms with van der Waals surface area (Å²) in [5.41, 5.74) is -0.181. The molecule has 25 heavy (non-hydrogen) atoms. The molecule has 1 heterocycles. The Hall–Kier alpha value is -1.89. The van der Waals surface area contributed by atoms with Gasteiger partial charge in [-0.2, -0.15) is 0 Å². The number of rotatable bonds is 13. The first-order chi connectivity index (χ1) is 11.9. The Morgan fingerprint density at radius 3 is 1.88 bits per heavy atom. The highest BCUT2D eigenvalue weighted by Gasteiger charge is 2.39. The van der Waals surface area contributed by atoms with Crippen LogP contribution in [0.2, 0.25) is 0 Å². The van der Waals surface area contributed by atoms with E-state index < -0.39 is 24.5 Å². The fourth-order valence-corrected chi connectivity index (χ4v) is 3.00. The number of carboxylic acids is 1. The van der Waals surface area contributed by atoms with Crippen LogP contribution in [0, 0.1) is 0 Å². The van der Waals surface area contributed by atoms with Gasteiger partial charge in [-0.15, -0.1) is 0 Å². The maximum Gasteiger partial charge on any atom is 0.303 e. The molecule has 0 bridgehead atoms. The molecule has 0 aliphatic carbocycles. The van der Waals surface area contributed by atoms with Crippen molar-refractivity contribution in [3.63, 3.8) is 0 Å². The zero-order chi connectivity index (χ0) is 18.8. The third-order valence-corrected chi connectivity index (χ3v) is 4.57.